The molecule has 0 aromatic heterocycles. The fraction of sp³-hybridized carbons (Fsp3) is 0.696. The second-order valence-corrected chi connectivity index (χ2v) is 7.47. The summed E-state index contributed by atoms with van der Waals surface area (Å²) in [6.07, 6.45) is 9.73. The van der Waals surface area contributed by atoms with E-state index in [9.17, 15) is 10.4 Å². The van der Waals surface area contributed by atoms with Crippen molar-refractivity contribution in [2.24, 2.45) is 11.8 Å². The molecule has 0 saturated carbocycles. The zero-order valence-corrected chi connectivity index (χ0v) is 16.5. The van der Waals surface area contributed by atoms with E-state index < -0.39 is 5.41 Å². The van der Waals surface area contributed by atoms with Crippen LogP contribution in [-0.4, -0.2) is 11.7 Å². The normalized spacial score (nSPS) is 16.0. The fourth-order valence-corrected chi connectivity index (χ4v) is 4.21. The van der Waals surface area contributed by atoms with Crippen LogP contribution in [0.4, 0.5) is 0 Å². The van der Waals surface area contributed by atoms with Crippen LogP contribution in [0.15, 0.2) is 30.3 Å². The summed E-state index contributed by atoms with van der Waals surface area (Å²) in [6, 6.07) is 13.1. The summed E-state index contributed by atoms with van der Waals surface area (Å²) in [6.45, 7) is 6.78. The van der Waals surface area contributed by atoms with E-state index in [2.05, 4.69) is 39.0 Å². The van der Waals surface area contributed by atoms with Gasteiger partial charge in [0.1, 0.15) is 0 Å². The molecule has 0 heterocycles. The number of nitriles is 1. The van der Waals surface area contributed by atoms with E-state index in [1.165, 1.54) is 19.3 Å². The molecule has 0 amide bonds. The minimum absolute atomic E-state index is 0.178. The van der Waals surface area contributed by atoms with Crippen LogP contribution in [0.1, 0.15) is 84.1 Å². The number of hydrogen-bond donors (Lipinski definition) is 1. The Hall–Kier alpha value is -1.33. The second-order valence-electron chi connectivity index (χ2n) is 7.47. The molecule has 1 aromatic carbocycles. The number of benzene rings is 1. The van der Waals surface area contributed by atoms with Crippen LogP contribution < -0.4 is 0 Å². The van der Waals surface area contributed by atoms with Gasteiger partial charge in [-0.05, 0) is 43.1 Å². The molecule has 1 rings (SSSR count). The maximum atomic E-state index is 10.4. The Labute approximate surface area is 155 Å². The van der Waals surface area contributed by atoms with E-state index in [0.29, 0.717) is 5.92 Å². The monoisotopic (exact) mass is 343 g/mol. The number of unbranched alkanes of at least 4 members (excludes halogenated alkanes) is 2. The summed E-state index contributed by atoms with van der Waals surface area (Å²) in [5.74, 6) is 0.567. The number of nitrogens with zero attached hydrogens (tertiary/aromatic N) is 1. The Morgan fingerprint density at radius 1 is 0.960 bits per heavy atom. The van der Waals surface area contributed by atoms with Gasteiger partial charge in [0.25, 0.3) is 0 Å². The van der Waals surface area contributed by atoms with Crippen molar-refractivity contribution in [3.05, 3.63) is 35.9 Å². The summed E-state index contributed by atoms with van der Waals surface area (Å²) in [5.41, 5.74) is 0.662. The van der Waals surface area contributed by atoms with Crippen molar-refractivity contribution in [2.45, 2.75) is 84.0 Å². The molecular formula is C23H37NO. The maximum absolute atomic E-state index is 10.4. The molecule has 3 atom stereocenters. The zero-order valence-electron chi connectivity index (χ0n) is 16.5. The van der Waals surface area contributed by atoms with Crippen LogP contribution in [0.2, 0.25) is 0 Å². The highest BCUT2D eigenvalue weighted by Gasteiger charge is 2.41. The number of hydrogen-bond acceptors (Lipinski definition) is 2. The van der Waals surface area contributed by atoms with Crippen molar-refractivity contribution in [2.75, 3.05) is 6.61 Å². The van der Waals surface area contributed by atoms with Gasteiger partial charge < -0.3 is 5.11 Å². The first-order valence-electron chi connectivity index (χ1n) is 10.3. The molecule has 1 N–H and O–H groups in total. The molecule has 25 heavy (non-hydrogen) atoms. The lowest BCUT2D eigenvalue weighted by atomic mass is 9.63. The highest BCUT2D eigenvalue weighted by Crippen LogP contribution is 2.43. The third-order valence-electron chi connectivity index (χ3n) is 5.54. The average Bonchev–Trinajstić information content (AvgIpc) is 2.65. The van der Waals surface area contributed by atoms with Crippen LogP contribution in [0.3, 0.4) is 0 Å². The number of aliphatic hydroxyl groups is 1. The van der Waals surface area contributed by atoms with E-state index in [4.69, 9.17) is 0 Å². The third kappa shape index (κ3) is 6.15. The first-order chi connectivity index (χ1) is 12.2. The van der Waals surface area contributed by atoms with E-state index in [-0.39, 0.29) is 12.5 Å². The van der Waals surface area contributed by atoms with Gasteiger partial charge in [0, 0.05) is 6.61 Å². The standard InChI is InChI=1S/C23H37NO/c1-4-7-9-14-21(13-6-3)23(19-24,17-20(18-25)12-5-2)22-15-10-8-11-16-22/h8,10-11,15-16,20-21,25H,4-7,9,12-14,17-18H2,1-3H3. The number of rotatable bonds is 13. The molecule has 0 fully saturated rings. The fourth-order valence-electron chi connectivity index (χ4n) is 4.21. The van der Waals surface area contributed by atoms with Crippen molar-refractivity contribution < 1.29 is 5.11 Å². The Morgan fingerprint density at radius 3 is 2.16 bits per heavy atom. The molecule has 1 aromatic rings. The summed E-state index contributed by atoms with van der Waals surface area (Å²) in [4.78, 5) is 0. The average molecular weight is 344 g/mol. The van der Waals surface area contributed by atoms with Gasteiger partial charge in [-0.1, -0.05) is 83.2 Å². The van der Waals surface area contributed by atoms with Crippen LogP contribution in [0.25, 0.3) is 0 Å². The van der Waals surface area contributed by atoms with E-state index in [1.54, 1.807) is 0 Å². The number of aliphatic hydroxyl groups excluding tert-OH is 1. The smallest absolute Gasteiger partial charge is 0.0853 e. The molecule has 0 aliphatic heterocycles. The summed E-state index contributed by atoms with van der Waals surface area (Å²) < 4.78 is 0. The highest BCUT2D eigenvalue weighted by molar-refractivity contribution is 5.34. The van der Waals surface area contributed by atoms with Gasteiger partial charge in [0.05, 0.1) is 11.5 Å². The second kappa shape index (κ2) is 12.1. The van der Waals surface area contributed by atoms with E-state index in [1.807, 2.05) is 18.2 Å². The van der Waals surface area contributed by atoms with Gasteiger partial charge in [-0.25, -0.2) is 0 Å². The summed E-state index contributed by atoms with van der Waals surface area (Å²) >= 11 is 0. The Balaban J connectivity index is 3.24. The quantitative estimate of drug-likeness (QED) is 0.431. The molecule has 0 aliphatic rings. The first-order valence-corrected chi connectivity index (χ1v) is 10.3. The molecule has 0 bridgehead atoms. The highest BCUT2D eigenvalue weighted by atomic mass is 16.3. The van der Waals surface area contributed by atoms with E-state index in [0.717, 1.165) is 44.1 Å². The van der Waals surface area contributed by atoms with E-state index >= 15 is 0 Å². The summed E-state index contributed by atoms with van der Waals surface area (Å²) in [7, 11) is 0. The van der Waals surface area contributed by atoms with Gasteiger partial charge in [-0.3, -0.25) is 0 Å². The molecule has 0 aliphatic carbocycles. The molecule has 0 radical (unpaired) electrons. The van der Waals surface area contributed by atoms with Crippen molar-refractivity contribution >= 4 is 0 Å². The van der Waals surface area contributed by atoms with Crippen LogP contribution in [0.5, 0.6) is 0 Å². The minimum atomic E-state index is -0.479. The SMILES string of the molecule is CCCCCC(CCC)C(C#N)(CC(CO)CCC)c1ccccc1. The van der Waals surface area contributed by atoms with Gasteiger partial charge in [0.2, 0.25) is 0 Å². The third-order valence-corrected chi connectivity index (χ3v) is 5.54. The predicted molar refractivity (Wildman–Crippen MR) is 106 cm³/mol. The Kier molecular flexibility index (Phi) is 10.5. The largest absolute Gasteiger partial charge is 0.396 e. The molecule has 140 valence electrons. The van der Waals surface area contributed by atoms with Gasteiger partial charge in [-0.15, -0.1) is 0 Å². The molecular weight excluding hydrogens is 306 g/mol. The van der Waals surface area contributed by atoms with Crippen molar-refractivity contribution in [3.8, 4) is 6.07 Å². The van der Waals surface area contributed by atoms with Crippen molar-refractivity contribution in [3.63, 3.8) is 0 Å². The lowest BCUT2D eigenvalue weighted by Crippen LogP contribution is -2.37. The van der Waals surface area contributed by atoms with Crippen molar-refractivity contribution in [1.29, 1.82) is 5.26 Å². The first kappa shape index (κ1) is 21.7. The predicted octanol–water partition coefficient (Wildman–Crippen LogP) is 6.24. The summed E-state index contributed by atoms with van der Waals surface area (Å²) in [5, 5.41) is 20.2. The molecule has 2 heteroatoms. The Bertz CT molecular complexity index is 493. The minimum Gasteiger partial charge on any atom is -0.396 e. The molecule has 2 nitrogen and oxygen atoms in total. The van der Waals surface area contributed by atoms with Gasteiger partial charge in [0.15, 0.2) is 0 Å². The lowest BCUT2D eigenvalue weighted by Gasteiger charge is -2.38. The van der Waals surface area contributed by atoms with Crippen LogP contribution >= 0.6 is 0 Å². The Morgan fingerprint density at radius 2 is 1.64 bits per heavy atom. The zero-order chi connectivity index (χ0) is 18.5. The van der Waals surface area contributed by atoms with Crippen LogP contribution in [-0.2, 0) is 5.41 Å². The maximum Gasteiger partial charge on any atom is 0.0853 e. The van der Waals surface area contributed by atoms with Gasteiger partial charge >= 0.3 is 0 Å². The van der Waals surface area contributed by atoms with Crippen molar-refractivity contribution in [1.82, 2.24) is 0 Å². The van der Waals surface area contributed by atoms with Crippen LogP contribution in [0, 0.1) is 23.2 Å². The molecule has 3 unspecified atom stereocenters. The van der Waals surface area contributed by atoms with Gasteiger partial charge in [-0.2, -0.15) is 5.26 Å². The molecule has 0 spiro atoms. The topological polar surface area (TPSA) is 44.0 Å². The molecule has 0 saturated heterocycles. The lowest BCUT2D eigenvalue weighted by molar-refractivity contribution is 0.163.